The molecule has 0 spiro atoms. The van der Waals surface area contributed by atoms with Gasteiger partial charge in [-0.2, -0.15) is 0 Å². The summed E-state index contributed by atoms with van der Waals surface area (Å²) in [4.78, 5) is 4.73. The minimum absolute atomic E-state index is 0.736. The summed E-state index contributed by atoms with van der Waals surface area (Å²) in [6.07, 6.45) is -1.85. The fourth-order valence-corrected chi connectivity index (χ4v) is 3.26. The van der Waals surface area contributed by atoms with Crippen molar-refractivity contribution >= 4 is 10.9 Å². The normalized spacial score (nSPS) is 20.1. The molecule has 1 aromatic heterocycles. The minimum Gasteiger partial charge on any atom is -0.385 e. The molecule has 0 saturated carbocycles. The monoisotopic (exact) mass is 277 g/mol. The van der Waals surface area contributed by atoms with Gasteiger partial charge < -0.3 is 10.2 Å². The molecular weight excluding hydrogens is 262 g/mol. The number of nitrogens with zero attached hydrogens (tertiary/aromatic N) is 1. The predicted octanol–water partition coefficient (Wildman–Crippen LogP) is 3.29. The number of aryl methyl sites for hydroxylation is 1. The largest absolute Gasteiger partial charge is 0.385 e. The van der Waals surface area contributed by atoms with Crippen LogP contribution in [0.3, 0.4) is 0 Å². The third kappa shape index (κ3) is 1.65. The third-order valence-electron chi connectivity index (χ3n) is 4.33. The lowest BCUT2D eigenvalue weighted by Gasteiger charge is -2.30. The summed E-state index contributed by atoms with van der Waals surface area (Å²) in [5.74, 6) is 0. The Balaban J connectivity index is 2.15. The van der Waals surface area contributed by atoms with E-state index in [0.29, 0.717) is 0 Å². The molecule has 3 aromatic rings. The fraction of sp³-hybridized carbons (Fsp3) is 0.167. The molecular formula is C18H15NO2. The van der Waals surface area contributed by atoms with Gasteiger partial charge in [-0.3, -0.25) is 0 Å². The quantitative estimate of drug-likeness (QED) is 0.663. The topological polar surface area (TPSA) is 53.4 Å². The second kappa shape index (κ2) is 4.38. The molecule has 21 heavy (non-hydrogen) atoms. The summed E-state index contributed by atoms with van der Waals surface area (Å²) in [7, 11) is 0. The van der Waals surface area contributed by atoms with Crippen LogP contribution in [0.4, 0.5) is 0 Å². The van der Waals surface area contributed by atoms with Crippen LogP contribution >= 0.6 is 0 Å². The van der Waals surface area contributed by atoms with Crippen molar-refractivity contribution in [3.8, 4) is 11.3 Å². The van der Waals surface area contributed by atoms with Crippen molar-refractivity contribution in [1.29, 1.82) is 0 Å². The second-order valence-electron chi connectivity index (χ2n) is 5.49. The van der Waals surface area contributed by atoms with Crippen LogP contribution in [-0.4, -0.2) is 15.2 Å². The van der Waals surface area contributed by atoms with Crippen molar-refractivity contribution in [1.82, 2.24) is 4.98 Å². The first kappa shape index (κ1) is 12.5. The highest BCUT2D eigenvalue weighted by molar-refractivity contribution is 5.88. The summed E-state index contributed by atoms with van der Waals surface area (Å²) in [5.41, 5.74) is 5.04. The van der Waals surface area contributed by atoms with Crippen molar-refractivity contribution in [2.75, 3.05) is 0 Å². The van der Waals surface area contributed by atoms with Crippen LogP contribution in [-0.2, 0) is 0 Å². The lowest BCUT2D eigenvalue weighted by atomic mass is 9.82. The molecule has 1 heterocycles. The van der Waals surface area contributed by atoms with Crippen molar-refractivity contribution in [3.63, 3.8) is 0 Å². The Labute approximate surface area is 122 Å². The van der Waals surface area contributed by atoms with E-state index in [0.717, 1.165) is 38.9 Å². The average Bonchev–Trinajstić information content (AvgIpc) is 2.52. The summed E-state index contributed by atoms with van der Waals surface area (Å²) in [5, 5.41) is 21.9. The smallest absolute Gasteiger partial charge is 0.111 e. The number of hydrogen-bond donors (Lipinski definition) is 2. The number of benzene rings is 2. The van der Waals surface area contributed by atoms with E-state index in [1.54, 1.807) is 0 Å². The van der Waals surface area contributed by atoms with Crippen molar-refractivity contribution in [2.45, 2.75) is 19.1 Å². The molecule has 0 bridgehead atoms. The van der Waals surface area contributed by atoms with E-state index in [1.807, 2.05) is 55.5 Å². The number of aromatic nitrogens is 1. The van der Waals surface area contributed by atoms with E-state index >= 15 is 0 Å². The SMILES string of the molecule is Cc1c2c(nc3ccccc13)-c1ccccc1C(O)C2O. The lowest BCUT2D eigenvalue weighted by Crippen LogP contribution is -2.19. The Morgan fingerprint density at radius 1 is 0.905 bits per heavy atom. The highest BCUT2D eigenvalue weighted by Crippen LogP contribution is 2.45. The van der Waals surface area contributed by atoms with Crippen LogP contribution in [0.15, 0.2) is 48.5 Å². The molecule has 3 nitrogen and oxygen atoms in total. The maximum absolute atomic E-state index is 10.5. The molecule has 1 aliphatic carbocycles. The van der Waals surface area contributed by atoms with Crippen LogP contribution in [0.5, 0.6) is 0 Å². The van der Waals surface area contributed by atoms with Crippen LogP contribution in [0.1, 0.15) is 28.9 Å². The average molecular weight is 277 g/mol. The van der Waals surface area contributed by atoms with Gasteiger partial charge in [0.05, 0.1) is 11.2 Å². The molecule has 0 amide bonds. The van der Waals surface area contributed by atoms with Crippen LogP contribution < -0.4 is 0 Å². The van der Waals surface area contributed by atoms with Crippen LogP contribution in [0.25, 0.3) is 22.2 Å². The summed E-state index contributed by atoms with van der Waals surface area (Å²) < 4.78 is 0. The molecule has 3 heteroatoms. The molecule has 2 atom stereocenters. The van der Waals surface area contributed by atoms with Crippen LogP contribution in [0.2, 0.25) is 0 Å². The molecule has 0 fully saturated rings. The van der Waals surface area contributed by atoms with Gasteiger partial charge in [-0.15, -0.1) is 0 Å². The zero-order valence-electron chi connectivity index (χ0n) is 11.6. The number of para-hydroxylation sites is 1. The summed E-state index contributed by atoms with van der Waals surface area (Å²) in [6, 6.07) is 15.5. The zero-order valence-corrected chi connectivity index (χ0v) is 11.6. The molecule has 2 N–H and O–H groups in total. The van der Waals surface area contributed by atoms with Gasteiger partial charge in [0, 0.05) is 16.5 Å². The standard InChI is InChI=1S/C18H15NO2/c1-10-11-6-4-5-9-14(11)19-16-12-7-2-3-8-13(12)17(20)18(21)15(10)16/h2-9,17-18,20-21H,1H3. The maximum atomic E-state index is 10.5. The van der Waals surface area contributed by atoms with Gasteiger partial charge in [-0.05, 0) is 24.1 Å². The Morgan fingerprint density at radius 2 is 1.62 bits per heavy atom. The number of aliphatic hydroxyl groups is 2. The van der Waals surface area contributed by atoms with E-state index in [9.17, 15) is 10.2 Å². The zero-order chi connectivity index (χ0) is 14.6. The van der Waals surface area contributed by atoms with E-state index < -0.39 is 12.2 Å². The van der Waals surface area contributed by atoms with Gasteiger partial charge in [0.25, 0.3) is 0 Å². The maximum Gasteiger partial charge on any atom is 0.111 e. The first-order chi connectivity index (χ1) is 10.2. The Kier molecular flexibility index (Phi) is 2.61. The summed E-state index contributed by atoms with van der Waals surface area (Å²) >= 11 is 0. The predicted molar refractivity (Wildman–Crippen MR) is 81.8 cm³/mol. The number of hydrogen-bond acceptors (Lipinski definition) is 3. The number of pyridine rings is 1. The van der Waals surface area contributed by atoms with Gasteiger partial charge in [0.1, 0.15) is 12.2 Å². The number of fused-ring (bicyclic) bond motifs is 4. The van der Waals surface area contributed by atoms with Crippen molar-refractivity contribution in [2.24, 2.45) is 0 Å². The molecule has 2 aromatic carbocycles. The van der Waals surface area contributed by atoms with Crippen molar-refractivity contribution < 1.29 is 10.2 Å². The molecule has 0 radical (unpaired) electrons. The Hall–Kier alpha value is -2.23. The highest BCUT2D eigenvalue weighted by atomic mass is 16.3. The van der Waals surface area contributed by atoms with Gasteiger partial charge in [0.2, 0.25) is 0 Å². The van der Waals surface area contributed by atoms with E-state index in [4.69, 9.17) is 4.98 Å². The number of rotatable bonds is 0. The molecule has 104 valence electrons. The number of aliphatic hydroxyl groups excluding tert-OH is 2. The molecule has 0 saturated heterocycles. The van der Waals surface area contributed by atoms with Gasteiger partial charge in [0.15, 0.2) is 0 Å². The van der Waals surface area contributed by atoms with Gasteiger partial charge >= 0.3 is 0 Å². The van der Waals surface area contributed by atoms with Crippen LogP contribution in [0, 0.1) is 6.92 Å². The fourth-order valence-electron chi connectivity index (χ4n) is 3.26. The molecule has 2 unspecified atom stereocenters. The molecule has 4 rings (SSSR count). The molecule has 1 aliphatic rings. The first-order valence-corrected chi connectivity index (χ1v) is 7.03. The molecule has 0 aliphatic heterocycles. The second-order valence-corrected chi connectivity index (χ2v) is 5.49. The highest BCUT2D eigenvalue weighted by Gasteiger charge is 2.33. The van der Waals surface area contributed by atoms with Gasteiger partial charge in [-0.1, -0.05) is 42.5 Å². The Morgan fingerprint density at radius 3 is 2.48 bits per heavy atom. The van der Waals surface area contributed by atoms with E-state index in [2.05, 4.69) is 0 Å². The van der Waals surface area contributed by atoms with E-state index in [1.165, 1.54) is 0 Å². The first-order valence-electron chi connectivity index (χ1n) is 7.03. The summed E-state index contributed by atoms with van der Waals surface area (Å²) in [6.45, 7) is 1.98. The van der Waals surface area contributed by atoms with E-state index in [-0.39, 0.29) is 0 Å². The lowest BCUT2D eigenvalue weighted by molar-refractivity contribution is 0.0152. The minimum atomic E-state index is -0.938. The van der Waals surface area contributed by atoms with Gasteiger partial charge in [-0.25, -0.2) is 4.98 Å². The van der Waals surface area contributed by atoms with Crippen molar-refractivity contribution in [3.05, 3.63) is 65.2 Å². The Bertz CT molecular complexity index is 857. The third-order valence-corrected chi connectivity index (χ3v) is 4.33.